The van der Waals surface area contributed by atoms with Gasteiger partial charge in [0.25, 0.3) is 10.0 Å². The molecule has 2 unspecified atom stereocenters. The Hall–Kier alpha value is -0.400. The Balaban J connectivity index is 2.03. The van der Waals surface area contributed by atoms with Crippen LogP contribution in [-0.2, 0) is 17.1 Å². The molecule has 1 saturated carbocycles. The number of rotatable bonds is 4. The normalized spacial score (nSPS) is 24.6. The van der Waals surface area contributed by atoms with Crippen molar-refractivity contribution in [1.29, 1.82) is 0 Å². The lowest BCUT2D eigenvalue weighted by atomic mass is 10.1. The minimum absolute atomic E-state index is 0.103. The van der Waals surface area contributed by atoms with Gasteiger partial charge in [-0.2, -0.15) is 0 Å². The SMILES string of the molecule is Cc1nc(S(=O)(=O)NCC2CCCC2Br)cn1C. The third-order valence-corrected chi connectivity index (χ3v) is 5.96. The molecule has 1 N–H and O–H groups in total. The van der Waals surface area contributed by atoms with Gasteiger partial charge in [0, 0.05) is 24.6 Å². The van der Waals surface area contributed by atoms with E-state index < -0.39 is 10.0 Å². The van der Waals surface area contributed by atoms with Crippen molar-refractivity contribution < 1.29 is 8.42 Å². The van der Waals surface area contributed by atoms with E-state index in [1.807, 2.05) is 0 Å². The summed E-state index contributed by atoms with van der Waals surface area (Å²) in [6.07, 6.45) is 4.89. The fourth-order valence-electron chi connectivity index (χ4n) is 2.17. The van der Waals surface area contributed by atoms with Crippen molar-refractivity contribution in [3.63, 3.8) is 0 Å². The molecule has 1 fully saturated rings. The summed E-state index contributed by atoms with van der Waals surface area (Å²) in [7, 11) is -1.69. The summed E-state index contributed by atoms with van der Waals surface area (Å²) >= 11 is 3.59. The third kappa shape index (κ3) is 2.95. The summed E-state index contributed by atoms with van der Waals surface area (Å²) in [4.78, 5) is 4.47. The van der Waals surface area contributed by atoms with Crippen LogP contribution in [-0.4, -0.2) is 29.3 Å². The average molecular weight is 336 g/mol. The van der Waals surface area contributed by atoms with Gasteiger partial charge in [0.1, 0.15) is 5.82 Å². The Morgan fingerprint density at radius 3 is 2.78 bits per heavy atom. The highest BCUT2D eigenvalue weighted by Crippen LogP contribution is 2.31. The van der Waals surface area contributed by atoms with Gasteiger partial charge >= 0.3 is 0 Å². The van der Waals surface area contributed by atoms with Crippen molar-refractivity contribution in [2.75, 3.05) is 6.54 Å². The van der Waals surface area contributed by atoms with Gasteiger partial charge < -0.3 is 4.57 Å². The van der Waals surface area contributed by atoms with Gasteiger partial charge in [-0.15, -0.1) is 0 Å². The summed E-state index contributed by atoms with van der Waals surface area (Å²) < 4.78 is 28.5. The molecule has 7 heteroatoms. The van der Waals surface area contributed by atoms with Crippen molar-refractivity contribution in [2.45, 2.75) is 36.0 Å². The van der Waals surface area contributed by atoms with Gasteiger partial charge in [-0.1, -0.05) is 22.4 Å². The molecule has 0 spiro atoms. The minimum Gasteiger partial charge on any atom is -0.337 e. The maximum absolute atomic E-state index is 12.1. The molecule has 18 heavy (non-hydrogen) atoms. The number of aromatic nitrogens is 2. The molecule has 102 valence electrons. The third-order valence-electron chi connectivity index (χ3n) is 3.46. The molecule has 1 aliphatic carbocycles. The molecule has 0 radical (unpaired) electrons. The number of nitrogens with one attached hydrogen (secondary N) is 1. The molecule has 1 aromatic rings. The second kappa shape index (κ2) is 5.30. The first-order valence-electron chi connectivity index (χ1n) is 6.04. The zero-order valence-corrected chi connectivity index (χ0v) is 13.0. The number of nitrogens with zero attached hydrogens (tertiary/aromatic N) is 2. The zero-order chi connectivity index (χ0) is 13.3. The fraction of sp³-hybridized carbons (Fsp3) is 0.727. The van der Waals surface area contributed by atoms with Crippen molar-refractivity contribution in [3.05, 3.63) is 12.0 Å². The van der Waals surface area contributed by atoms with Crippen molar-refractivity contribution in [3.8, 4) is 0 Å². The number of imidazole rings is 1. The molecule has 5 nitrogen and oxygen atoms in total. The predicted molar refractivity (Wildman–Crippen MR) is 73.2 cm³/mol. The van der Waals surface area contributed by atoms with Crippen LogP contribution in [0.3, 0.4) is 0 Å². The quantitative estimate of drug-likeness (QED) is 0.849. The summed E-state index contributed by atoms with van der Waals surface area (Å²) in [6, 6.07) is 0. The lowest BCUT2D eigenvalue weighted by molar-refractivity contribution is 0.528. The number of halogens is 1. The number of sulfonamides is 1. The van der Waals surface area contributed by atoms with Crippen molar-refractivity contribution in [2.24, 2.45) is 13.0 Å². The van der Waals surface area contributed by atoms with E-state index in [4.69, 9.17) is 0 Å². The molecule has 1 heterocycles. The number of alkyl halides is 1. The second-order valence-corrected chi connectivity index (χ2v) is 7.69. The first-order valence-corrected chi connectivity index (χ1v) is 8.44. The van der Waals surface area contributed by atoms with E-state index in [0.29, 0.717) is 23.1 Å². The number of hydrogen-bond acceptors (Lipinski definition) is 3. The van der Waals surface area contributed by atoms with Crippen LogP contribution < -0.4 is 4.72 Å². The van der Waals surface area contributed by atoms with Crippen LogP contribution in [0, 0.1) is 12.8 Å². The van der Waals surface area contributed by atoms with E-state index in [2.05, 4.69) is 25.6 Å². The monoisotopic (exact) mass is 335 g/mol. The second-order valence-electron chi connectivity index (χ2n) is 4.80. The van der Waals surface area contributed by atoms with Gasteiger partial charge in [0.2, 0.25) is 0 Å². The molecular weight excluding hydrogens is 318 g/mol. The molecule has 1 aromatic heterocycles. The Bertz CT molecular complexity index is 507. The lowest BCUT2D eigenvalue weighted by Crippen LogP contribution is -2.31. The molecular formula is C11H18BrN3O2S. The zero-order valence-electron chi connectivity index (χ0n) is 10.6. The molecule has 1 aliphatic rings. The van der Waals surface area contributed by atoms with Crippen molar-refractivity contribution in [1.82, 2.24) is 14.3 Å². The minimum atomic E-state index is -3.48. The lowest BCUT2D eigenvalue weighted by Gasteiger charge is -2.14. The topological polar surface area (TPSA) is 64.0 Å². The van der Waals surface area contributed by atoms with E-state index in [9.17, 15) is 8.42 Å². The maximum Gasteiger partial charge on any atom is 0.259 e. The van der Waals surface area contributed by atoms with Crippen LogP contribution in [0.1, 0.15) is 25.1 Å². The van der Waals surface area contributed by atoms with Gasteiger partial charge in [0.05, 0.1) is 0 Å². The Labute approximate surface area is 116 Å². The van der Waals surface area contributed by atoms with Crippen LogP contribution in [0.25, 0.3) is 0 Å². The van der Waals surface area contributed by atoms with Gasteiger partial charge in [-0.3, -0.25) is 0 Å². The largest absolute Gasteiger partial charge is 0.337 e. The Morgan fingerprint density at radius 2 is 2.28 bits per heavy atom. The summed E-state index contributed by atoms with van der Waals surface area (Å²) in [6.45, 7) is 2.26. The smallest absolute Gasteiger partial charge is 0.259 e. The highest BCUT2D eigenvalue weighted by Gasteiger charge is 2.27. The molecule has 0 amide bonds. The highest BCUT2D eigenvalue weighted by molar-refractivity contribution is 9.09. The highest BCUT2D eigenvalue weighted by atomic mass is 79.9. The molecule has 0 aliphatic heterocycles. The molecule has 0 saturated heterocycles. The molecule has 2 rings (SSSR count). The van der Waals surface area contributed by atoms with Crippen LogP contribution in [0.2, 0.25) is 0 Å². The van der Waals surface area contributed by atoms with Gasteiger partial charge in [-0.05, 0) is 25.7 Å². The van der Waals surface area contributed by atoms with Crippen LogP contribution >= 0.6 is 15.9 Å². The predicted octanol–water partition coefficient (Wildman–Crippen LogP) is 1.57. The van der Waals surface area contributed by atoms with Crippen molar-refractivity contribution >= 4 is 26.0 Å². The van der Waals surface area contributed by atoms with E-state index in [-0.39, 0.29) is 5.03 Å². The molecule has 0 aromatic carbocycles. The molecule has 2 atom stereocenters. The van der Waals surface area contributed by atoms with Crippen LogP contribution in [0.5, 0.6) is 0 Å². The summed E-state index contributed by atoms with van der Waals surface area (Å²) in [5.41, 5.74) is 0. The first kappa shape index (κ1) is 14.0. The summed E-state index contributed by atoms with van der Waals surface area (Å²) in [5, 5.41) is 0.103. The van der Waals surface area contributed by atoms with E-state index in [1.165, 1.54) is 6.20 Å². The van der Waals surface area contributed by atoms with E-state index in [0.717, 1.165) is 19.3 Å². The maximum atomic E-state index is 12.1. The Morgan fingerprint density at radius 1 is 1.56 bits per heavy atom. The van der Waals surface area contributed by atoms with Crippen LogP contribution in [0.4, 0.5) is 0 Å². The van der Waals surface area contributed by atoms with E-state index >= 15 is 0 Å². The number of aryl methyl sites for hydroxylation is 2. The van der Waals surface area contributed by atoms with Crippen LogP contribution in [0.15, 0.2) is 11.2 Å². The first-order chi connectivity index (χ1) is 8.40. The van der Waals surface area contributed by atoms with Gasteiger partial charge in [0.15, 0.2) is 5.03 Å². The van der Waals surface area contributed by atoms with E-state index in [1.54, 1.807) is 18.5 Å². The average Bonchev–Trinajstić information content (AvgIpc) is 2.84. The fourth-order valence-corrected chi connectivity index (χ4v) is 4.07. The van der Waals surface area contributed by atoms with Gasteiger partial charge in [-0.25, -0.2) is 18.1 Å². The standard InChI is InChI=1S/C11H18BrN3O2S/c1-8-14-11(7-15(8)2)18(16,17)13-6-9-4-3-5-10(9)12/h7,9-10,13H,3-6H2,1-2H3. The number of hydrogen-bond donors (Lipinski definition) is 1. The Kier molecular flexibility index (Phi) is 4.13. The summed E-state index contributed by atoms with van der Waals surface area (Å²) in [5.74, 6) is 1.07. The molecule has 0 bridgehead atoms.